The second-order valence-electron chi connectivity index (χ2n) is 4.69. The van der Waals surface area contributed by atoms with Gasteiger partial charge in [-0.2, -0.15) is 0 Å². The number of methoxy groups -OCH3 is 1. The number of nitrogens with zero attached hydrogens (tertiary/aromatic N) is 1. The van der Waals surface area contributed by atoms with Gasteiger partial charge in [0.2, 0.25) is 0 Å². The van der Waals surface area contributed by atoms with Crippen molar-refractivity contribution in [1.29, 1.82) is 0 Å². The van der Waals surface area contributed by atoms with Gasteiger partial charge in [0, 0.05) is 5.39 Å². The van der Waals surface area contributed by atoms with Crippen LogP contribution in [-0.4, -0.2) is 23.2 Å². The van der Waals surface area contributed by atoms with Crippen LogP contribution in [0.2, 0.25) is 0 Å². The second-order valence-corrected chi connectivity index (χ2v) is 5.44. The Bertz CT molecular complexity index is 881. The third-order valence-corrected chi connectivity index (χ3v) is 3.87. The number of carbonyl (C=O) groups excluding carboxylic acids is 1. The summed E-state index contributed by atoms with van der Waals surface area (Å²) in [5, 5.41) is 11.5. The molecule has 1 aromatic heterocycles. The van der Waals surface area contributed by atoms with E-state index in [9.17, 15) is 9.90 Å². The van der Waals surface area contributed by atoms with E-state index in [-0.39, 0.29) is 11.4 Å². The lowest BCUT2D eigenvalue weighted by atomic mass is 10.1. The van der Waals surface area contributed by atoms with E-state index in [0.717, 1.165) is 0 Å². The summed E-state index contributed by atoms with van der Waals surface area (Å²) in [7, 11) is 1.23. The first-order valence-electron chi connectivity index (χ1n) is 6.74. The molecule has 0 unspecified atom stereocenters. The average molecular weight is 374 g/mol. The number of pyridine rings is 1. The Kier molecular flexibility index (Phi) is 4.16. The molecule has 3 rings (SSSR count). The molecule has 0 saturated carbocycles. The molecule has 0 aliphatic carbocycles. The number of carbonyl (C=O) groups is 1. The highest BCUT2D eigenvalue weighted by atomic mass is 79.9. The maximum Gasteiger partial charge on any atom is 0.360 e. The van der Waals surface area contributed by atoms with Crippen molar-refractivity contribution in [3.63, 3.8) is 0 Å². The summed E-state index contributed by atoms with van der Waals surface area (Å²) in [5.41, 5.74) is -0.170. The third kappa shape index (κ3) is 2.85. The van der Waals surface area contributed by atoms with Gasteiger partial charge in [0.25, 0.3) is 0 Å². The summed E-state index contributed by atoms with van der Waals surface area (Å²) in [6.07, 6.45) is 0. The summed E-state index contributed by atoms with van der Waals surface area (Å²) in [6, 6.07) is 14.4. The van der Waals surface area contributed by atoms with E-state index in [1.165, 1.54) is 7.11 Å². The number of hydrogen-bond donors (Lipinski definition) is 1. The molecule has 0 fully saturated rings. The molecular weight excluding hydrogens is 362 g/mol. The minimum absolute atomic E-state index is 0.170. The summed E-state index contributed by atoms with van der Waals surface area (Å²) in [5.74, 6) is 0.0348. The van der Waals surface area contributed by atoms with Crippen molar-refractivity contribution in [2.24, 2.45) is 0 Å². The van der Waals surface area contributed by atoms with Crippen LogP contribution >= 0.6 is 15.9 Å². The number of rotatable bonds is 3. The highest BCUT2D eigenvalue weighted by molar-refractivity contribution is 9.10. The van der Waals surface area contributed by atoms with E-state index in [2.05, 4.69) is 25.7 Å². The Morgan fingerprint density at radius 1 is 1.13 bits per heavy atom. The molecule has 0 aliphatic heterocycles. The Morgan fingerprint density at radius 3 is 2.57 bits per heavy atom. The Labute approximate surface area is 140 Å². The maximum atomic E-state index is 11.8. The van der Waals surface area contributed by atoms with Crippen LogP contribution < -0.4 is 4.74 Å². The third-order valence-electron chi connectivity index (χ3n) is 3.27. The van der Waals surface area contributed by atoms with Crippen molar-refractivity contribution >= 4 is 32.7 Å². The number of aromatic hydroxyl groups is 1. The number of esters is 1. The predicted molar refractivity (Wildman–Crippen MR) is 89.0 cm³/mol. The van der Waals surface area contributed by atoms with Gasteiger partial charge in [0.1, 0.15) is 16.1 Å². The molecule has 0 radical (unpaired) electrons. The average Bonchev–Trinajstić information content (AvgIpc) is 2.58. The minimum Gasteiger partial charge on any atom is -0.505 e. The Hall–Kier alpha value is -2.60. The summed E-state index contributed by atoms with van der Waals surface area (Å²) < 4.78 is 10.9. The number of para-hydroxylation sites is 1. The van der Waals surface area contributed by atoms with Crippen LogP contribution in [0.5, 0.6) is 17.2 Å². The monoisotopic (exact) mass is 373 g/mol. The molecular formula is C17H12BrNO4. The zero-order valence-corrected chi connectivity index (χ0v) is 13.7. The van der Waals surface area contributed by atoms with E-state index in [1.54, 1.807) is 30.3 Å². The molecule has 0 saturated heterocycles. The molecule has 0 aliphatic rings. The van der Waals surface area contributed by atoms with Crippen LogP contribution in [0, 0.1) is 0 Å². The lowest BCUT2D eigenvalue weighted by molar-refractivity contribution is 0.0590. The molecule has 0 atom stereocenters. The Morgan fingerprint density at radius 2 is 1.87 bits per heavy atom. The smallest absolute Gasteiger partial charge is 0.360 e. The van der Waals surface area contributed by atoms with Gasteiger partial charge in [-0.15, -0.1) is 0 Å². The van der Waals surface area contributed by atoms with Gasteiger partial charge in [0.05, 0.1) is 12.5 Å². The van der Waals surface area contributed by atoms with Gasteiger partial charge in [-0.05, 0) is 34.1 Å². The van der Waals surface area contributed by atoms with Gasteiger partial charge >= 0.3 is 5.97 Å². The maximum absolute atomic E-state index is 11.8. The minimum atomic E-state index is -0.723. The van der Waals surface area contributed by atoms with Crippen molar-refractivity contribution in [3.05, 3.63) is 58.8 Å². The van der Waals surface area contributed by atoms with E-state index in [4.69, 9.17) is 4.74 Å². The number of halogens is 1. The lowest BCUT2D eigenvalue weighted by Gasteiger charge is -2.12. The first-order chi connectivity index (χ1) is 11.1. The molecule has 116 valence electrons. The fourth-order valence-electron chi connectivity index (χ4n) is 2.22. The van der Waals surface area contributed by atoms with Gasteiger partial charge in [0.15, 0.2) is 11.4 Å². The zero-order chi connectivity index (χ0) is 16.4. The van der Waals surface area contributed by atoms with Crippen LogP contribution in [0.25, 0.3) is 10.8 Å². The van der Waals surface area contributed by atoms with Crippen molar-refractivity contribution in [3.8, 4) is 17.2 Å². The highest BCUT2D eigenvalue weighted by Gasteiger charge is 2.21. The molecule has 0 bridgehead atoms. The normalized spacial score (nSPS) is 10.5. The predicted octanol–water partition coefficient (Wildman–Crippen LogP) is 4.28. The quantitative estimate of drug-likeness (QED) is 0.548. The molecule has 1 N–H and O–H groups in total. The largest absolute Gasteiger partial charge is 0.505 e. The number of fused-ring (bicyclic) bond motifs is 1. The fourth-order valence-corrected chi connectivity index (χ4v) is 2.72. The number of hydrogen-bond acceptors (Lipinski definition) is 5. The first kappa shape index (κ1) is 15.3. The molecule has 0 amide bonds. The van der Waals surface area contributed by atoms with Crippen LogP contribution in [-0.2, 0) is 4.74 Å². The lowest BCUT2D eigenvalue weighted by Crippen LogP contribution is -2.05. The van der Waals surface area contributed by atoms with Crippen molar-refractivity contribution in [2.75, 3.05) is 7.11 Å². The molecule has 2 aromatic carbocycles. The van der Waals surface area contributed by atoms with Gasteiger partial charge in [-0.25, -0.2) is 9.78 Å². The van der Waals surface area contributed by atoms with Gasteiger partial charge in [-0.1, -0.05) is 30.3 Å². The molecule has 23 heavy (non-hydrogen) atoms. The fraction of sp³-hybridized carbons (Fsp3) is 0.0588. The SMILES string of the molecule is COC(=O)c1nc(Br)c2cccc(Oc3ccccc3)c2c1O. The summed E-state index contributed by atoms with van der Waals surface area (Å²) in [6.45, 7) is 0. The van der Waals surface area contributed by atoms with Crippen LogP contribution in [0.1, 0.15) is 10.5 Å². The number of ether oxygens (including phenoxy) is 2. The highest BCUT2D eigenvalue weighted by Crippen LogP contribution is 2.40. The van der Waals surface area contributed by atoms with Crippen LogP contribution in [0.15, 0.2) is 53.1 Å². The van der Waals surface area contributed by atoms with Gasteiger partial charge < -0.3 is 14.6 Å². The van der Waals surface area contributed by atoms with Crippen molar-refractivity contribution in [1.82, 2.24) is 4.98 Å². The molecule has 0 spiro atoms. The van der Waals surface area contributed by atoms with E-state index >= 15 is 0 Å². The second kappa shape index (κ2) is 6.26. The van der Waals surface area contributed by atoms with Gasteiger partial charge in [-0.3, -0.25) is 0 Å². The molecule has 1 heterocycles. The summed E-state index contributed by atoms with van der Waals surface area (Å²) >= 11 is 3.31. The van der Waals surface area contributed by atoms with E-state index in [0.29, 0.717) is 26.9 Å². The summed E-state index contributed by atoms with van der Waals surface area (Å²) in [4.78, 5) is 15.8. The van der Waals surface area contributed by atoms with Crippen molar-refractivity contribution in [2.45, 2.75) is 0 Å². The standard InChI is InChI=1S/C17H12BrNO4/c1-22-17(21)14-15(20)13-11(16(18)19-14)8-5-9-12(13)23-10-6-3-2-4-7-10/h2-9,20H,1H3. The van der Waals surface area contributed by atoms with Crippen LogP contribution in [0.3, 0.4) is 0 Å². The first-order valence-corrected chi connectivity index (χ1v) is 7.53. The molecule has 6 heteroatoms. The van der Waals surface area contributed by atoms with Crippen molar-refractivity contribution < 1.29 is 19.4 Å². The number of benzene rings is 2. The molecule has 3 aromatic rings. The Balaban J connectivity index is 2.22. The topological polar surface area (TPSA) is 68.7 Å². The van der Waals surface area contributed by atoms with Crippen LogP contribution in [0.4, 0.5) is 0 Å². The number of aromatic nitrogens is 1. The zero-order valence-electron chi connectivity index (χ0n) is 12.1. The van der Waals surface area contributed by atoms with E-state index < -0.39 is 5.97 Å². The van der Waals surface area contributed by atoms with E-state index in [1.807, 2.05) is 18.2 Å². The molecule has 5 nitrogen and oxygen atoms in total.